The van der Waals surface area contributed by atoms with E-state index in [9.17, 15) is 14.3 Å². The van der Waals surface area contributed by atoms with Gasteiger partial charge in [-0.3, -0.25) is 0 Å². The second-order valence-electron chi connectivity index (χ2n) is 5.66. The van der Waals surface area contributed by atoms with Crippen molar-refractivity contribution in [3.8, 4) is 11.5 Å². The minimum atomic E-state index is -0.640. The van der Waals surface area contributed by atoms with E-state index in [0.29, 0.717) is 17.1 Å². The van der Waals surface area contributed by atoms with Gasteiger partial charge in [-0.1, -0.05) is 6.07 Å². The molecule has 150 valence electrons. The first-order valence-electron chi connectivity index (χ1n) is 8.46. The van der Waals surface area contributed by atoms with Crippen molar-refractivity contribution in [3.05, 3.63) is 60.5 Å². The van der Waals surface area contributed by atoms with Gasteiger partial charge in [-0.15, -0.1) is 0 Å². The van der Waals surface area contributed by atoms with Gasteiger partial charge in [0.1, 0.15) is 11.5 Å². The van der Waals surface area contributed by atoms with Crippen LogP contribution in [0.4, 0.5) is 32.3 Å². The number of phenolic OH excluding ortho intramolecular Hbond substituents is 1. The number of anilines is 4. The van der Waals surface area contributed by atoms with Gasteiger partial charge in [0, 0.05) is 24.5 Å². The first kappa shape index (κ1) is 19.7. The zero-order chi connectivity index (χ0) is 20.6. The Morgan fingerprint density at radius 1 is 1.14 bits per heavy atom. The topological polar surface area (TPSA) is 118 Å². The van der Waals surface area contributed by atoms with Crippen molar-refractivity contribution in [3.63, 3.8) is 0 Å². The van der Waals surface area contributed by atoms with Crippen molar-refractivity contribution < 1.29 is 23.8 Å². The molecule has 9 nitrogen and oxygen atoms in total. The lowest BCUT2D eigenvalue weighted by atomic mass is 10.3. The molecule has 0 aliphatic rings. The van der Waals surface area contributed by atoms with Gasteiger partial charge in [-0.05, 0) is 36.4 Å². The van der Waals surface area contributed by atoms with Crippen molar-refractivity contribution in [1.82, 2.24) is 15.3 Å². The van der Waals surface area contributed by atoms with Crippen LogP contribution >= 0.6 is 0 Å². The summed E-state index contributed by atoms with van der Waals surface area (Å²) < 4.78 is 24.0. The van der Waals surface area contributed by atoms with E-state index in [-0.39, 0.29) is 24.3 Å². The molecule has 1 aromatic heterocycles. The highest BCUT2D eigenvalue weighted by molar-refractivity contribution is 5.66. The molecule has 0 aliphatic carbocycles. The van der Waals surface area contributed by atoms with Crippen LogP contribution in [0.1, 0.15) is 0 Å². The zero-order valence-electron chi connectivity index (χ0n) is 15.3. The van der Waals surface area contributed by atoms with E-state index in [2.05, 4.69) is 25.9 Å². The van der Waals surface area contributed by atoms with E-state index < -0.39 is 11.9 Å². The lowest BCUT2D eigenvalue weighted by Crippen LogP contribution is -2.21. The predicted octanol–water partition coefficient (Wildman–Crippen LogP) is 3.50. The first-order valence-corrected chi connectivity index (χ1v) is 8.46. The average molecular weight is 399 g/mol. The van der Waals surface area contributed by atoms with Gasteiger partial charge in [0.2, 0.25) is 12.7 Å². The highest BCUT2D eigenvalue weighted by Gasteiger charge is 2.08. The number of alkyl carbamates (subject to hydrolysis) is 1. The maximum absolute atomic E-state index is 14.0. The number of phenols is 1. The third-order valence-electron chi connectivity index (χ3n) is 3.58. The second-order valence-corrected chi connectivity index (χ2v) is 5.66. The van der Waals surface area contributed by atoms with Crippen LogP contribution < -0.4 is 20.7 Å². The Morgan fingerprint density at radius 2 is 1.93 bits per heavy atom. The van der Waals surface area contributed by atoms with Gasteiger partial charge in [-0.2, -0.15) is 4.98 Å². The van der Waals surface area contributed by atoms with Crippen LogP contribution in [0.2, 0.25) is 0 Å². The van der Waals surface area contributed by atoms with Crippen LogP contribution in [0.5, 0.6) is 11.5 Å². The molecule has 0 unspecified atom stereocenters. The van der Waals surface area contributed by atoms with Crippen molar-refractivity contribution in [1.29, 1.82) is 0 Å². The Labute approximate surface area is 165 Å². The van der Waals surface area contributed by atoms with Crippen LogP contribution in [-0.4, -0.2) is 35.0 Å². The van der Waals surface area contributed by atoms with Gasteiger partial charge < -0.3 is 30.5 Å². The standard InChI is InChI=1S/C19H18FN5O4/c1-21-19(27)29-11-28-15-7-5-12(6-8-15)24-18-22-10-16(20)17(25-18)23-13-3-2-4-14(26)9-13/h2-10,26H,11H2,1H3,(H,21,27)(H2,22,23,24,25). The van der Waals surface area contributed by atoms with Gasteiger partial charge in [0.25, 0.3) is 0 Å². The zero-order valence-corrected chi connectivity index (χ0v) is 15.3. The number of amides is 1. The van der Waals surface area contributed by atoms with Crippen LogP contribution in [0.25, 0.3) is 0 Å². The molecule has 0 saturated carbocycles. The van der Waals surface area contributed by atoms with E-state index >= 15 is 0 Å². The summed E-state index contributed by atoms with van der Waals surface area (Å²) in [7, 11) is 1.45. The molecule has 0 bridgehead atoms. The minimum Gasteiger partial charge on any atom is -0.508 e. The molecule has 29 heavy (non-hydrogen) atoms. The van der Waals surface area contributed by atoms with Crippen molar-refractivity contribution in [2.24, 2.45) is 0 Å². The van der Waals surface area contributed by atoms with Crippen LogP contribution in [0.15, 0.2) is 54.7 Å². The number of halogens is 1. The van der Waals surface area contributed by atoms with Gasteiger partial charge >= 0.3 is 6.09 Å². The molecule has 4 N–H and O–H groups in total. The molecule has 0 fully saturated rings. The number of aromatic nitrogens is 2. The second kappa shape index (κ2) is 9.22. The monoisotopic (exact) mass is 399 g/mol. The molecular formula is C19H18FN5O4. The Balaban J connectivity index is 1.63. The Bertz CT molecular complexity index is 985. The molecular weight excluding hydrogens is 381 g/mol. The molecule has 0 aliphatic heterocycles. The van der Waals surface area contributed by atoms with Crippen molar-refractivity contribution in [2.45, 2.75) is 0 Å². The van der Waals surface area contributed by atoms with E-state index in [1.807, 2.05) is 0 Å². The van der Waals surface area contributed by atoms with Crippen molar-refractivity contribution >= 4 is 29.2 Å². The number of carbonyl (C=O) groups excluding carboxylic acids is 1. The molecule has 1 amide bonds. The molecule has 0 atom stereocenters. The Kier molecular flexibility index (Phi) is 6.25. The summed E-state index contributed by atoms with van der Waals surface area (Å²) in [5.41, 5.74) is 1.12. The van der Waals surface area contributed by atoms with E-state index in [1.54, 1.807) is 36.4 Å². The fourth-order valence-electron chi connectivity index (χ4n) is 2.22. The molecule has 0 radical (unpaired) electrons. The number of aromatic hydroxyl groups is 1. The SMILES string of the molecule is CNC(=O)OCOc1ccc(Nc2ncc(F)c(Nc3cccc(O)c3)n2)cc1. The van der Waals surface area contributed by atoms with Gasteiger partial charge in [-0.25, -0.2) is 14.2 Å². The molecule has 0 saturated heterocycles. The number of rotatable bonds is 7. The number of ether oxygens (including phenoxy) is 2. The van der Waals surface area contributed by atoms with Gasteiger partial charge in [0.15, 0.2) is 11.6 Å². The molecule has 2 aromatic carbocycles. The molecule has 1 heterocycles. The van der Waals surface area contributed by atoms with Gasteiger partial charge in [0.05, 0.1) is 6.20 Å². The maximum Gasteiger partial charge on any atom is 0.409 e. The van der Waals surface area contributed by atoms with Crippen LogP contribution in [-0.2, 0) is 4.74 Å². The maximum atomic E-state index is 14.0. The molecule has 3 aromatic rings. The summed E-state index contributed by atoms with van der Waals surface area (Å²) in [6.07, 6.45) is 0.445. The number of hydrogen-bond donors (Lipinski definition) is 4. The third-order valence-corrected chi connectivity index (χ3v) is 3.58. The Hall–Kier alpha value is -4.08. The summed E-state index contributed by atoms with van der Waals surface area (Å²) in [5.74, 6) is 0.0281. The largest absolute Gasteiger partial charge is 0.508 e. The lowest BCUT2D eigenvalue weighted by Gasteiger charge is -2.10. The summed E-state index contributed by atoms with van der Waals surface area (Å²) in [6, 6.07) is 13.0. The normalized spacial score (nSPS) is 10.1. The highest BCUT2D eigenvalue weighted by atomic mass is 19.1. The summed E-state index contributed by atoms with van der Waals surface area (Å²) in [4.78, 5) is 19.0. The summed E-state index contributed by atoms with van der Waals surface area (Å²) >= 11 is 0. The van der Waals surface area contributed by atoms with Crippen LogP contribution in [0, 0.1) is 5.82 Å². The number of benzene rings is 2. The minimum absolute atomic E-state index is 0.0422. The smallest absolute Gasteiger partial charge is 0.409 e. The lowest BCUT2D eigenvalue weighted by molar-refractivity contribution is 0.0608. The fraction of sp³-hybridized carbons (Fsp3) is 0.105. The number of hydrogen-bond acceptors (Lipinski definition) is 8. The first-order chi connectivity index (χ1) is 14.0. The molecule has 10 heteroatoms. The summed E-state index contributed by atoms with van der Waals surface area (Å²) in [5, 5.41) is 17.6. The molecule has 0 spiro atoms. The van der Waals surface area contributed by atoms with Crippen molar-refractivity contribution in [2.75, 3.05) is 24.5 Å². The number of nitrogens with one attached hydrogen (secondary N) is 3. The Morgan fingerprint density at radius 3 is 2.66 bits per heavy atom. The van der Waals surface area contributed by atoms with Crippen LogP contribution in [0.3, 0.4) is 0 Å². The number of carbonyl (C=O) groups is 1. The molecule has 3 rings (SSSR count). The highest BCUT2D eigenvalue weighted by Crippen LogP contribution is 2.23. The summed E-state index contributed by atoms with van der Waals surface area (Å²) in [6.45, 7) is -0.225. The quantitative estimate of drug-likeness (QED) is 0.446. The predicted molar refractivity (Wildman–Crippen MR) is 104 cm³/mol. The van der Waals surface area contributed by atoms with E-state index in [1.165, 1.54) is 19.2 Å². The van der Waals surface area contributed by atoms with E-state index in [0.717, 1.165) is 6.20 Å². The third kappa shape index (κ3) is 5.70. The fourth-order valence-corrected chi connectivity index (χ4v) is 2.22. The number of nitrogens with zero attached hydrogens (tertiary/aromatic N) is 2. The average Bonchev–Trinajstić information content (AvgIpc) is 2.71. The van der Waals surface area contributed by atoms with E-state index in [4.69, 9.17) is 9.47 Å².